The first-order chi connectivity index (χ1) is 15.0. The Morgan fingerprint density at radius 2 is 1.23 bits per heavy atom. The Bertz CT molecular complexity index is 1090. The lowest BCUT2D eigenvalue weighted by Gasteiger charge is -2.07. The Labute approximate surface area is 178 Å². The van der Waals surface area contributed by atoms with Crippen molar-refractivity contribution in [3.63, 3.8) is 0 Å². The molecule has 0 saturated carbocycles. The summed E-state index contributed by atoms with van der Waals surface area (Å²) in [5.74, 6) is -1.85. The highest BCUT2D eigenvalue weighted by Crippen LogP contribution is 2.13. The SMILES string of the molecule is COC(=O)c1ccc(C(=O)OCC(=O)c2ccc(NC(=O)c3ccccc3)cc2)cc1. The number of benzene rings is 3. The maximum absolute atomic E-state index is 12.3. The third-order valence-corrected chi connectivity index (χ3v) is 4.38. The van der Waals surface area contributed by atoms with Crippen LogP contribution in [0.4, 0.5) is 5.69 Å². The first-order valence-corrected chi connectivity index (χ1v) is 9.33. The first kappa shape index (κ1) is 21.4. The third kappa shape index (κ3) is 5.63. The van der Waals surface area contributed by atoms with Crippen LogP contribution in [0.25, 0.3) is 0 Å². The van der Waals surface area contributed by atoms with Gasteiger partial charge in [0, 0.05) is 16.8 Å². The molecular formula is C24H19NO6. The molecule has 0 aromatic heterocycles. The van der Waals surface area contributed by atoms with Gasteiger partial charge < -0.3 is 14.8 Å². The highest BCUT2D eigenvalue weighted by atomic mass is 16.5. The van der Waals surface area contributed by atoms with Crippen LogP contribution in [0.15, 0.2) is 78.9 Å². The van der Waals surface area contributed by atoms with Crippen LogP contribution in [0.3, 0.4) is 0 Å². The minimum absolute atomic E-state index is 0.208. The summed E-state index contributed by atoms with van der Waals surface area (Å²) in [5.41, 5.74) is 1.91. The van der Waals surface area contributed by atoms with Gasteiger partial charge in [-0.25, -0.2) is 9.59 Å². The number of esters is 2. The number of amides is 1. The van der Waals surface area contributed by atoms with Crippen LogP contribution in [0.1, 0.15) is 41.4 Å². The molecule has 0 atom stereocenters. The highest BCUT2D eigenvalue weighted by molar-refractivity contribution is 6.05. The van der Waals surface area contributed by atoms with E-state index in [9.17, 15) is 19.2 Å². The van der Waals surface area contributed by atoms with Crippen LogP contribution >= 0.6 is 0 Å². The van der Waals surface area contributed by atoms with Gasteiger partial charge >= 0.3 is 11.9 Å². The fraction of sp³-hybridized carbons (Fsp3) is 0.0833. The molecule has 0 aliphatic heterocycles. The van der Waals surface area contributed by atoms with Crippen molar-refractivity contribution in [2.45, 2.75) is 0 Å². The van der Waals surface area contributed by atoms with E-state index in [0.717, 1.165) is 0 Å². The Hall–Kier alpha value is -4.26. The molecule has 0 heterocycles. The molecule has 0 fully saturated rings. The van der Waals surface area contributed by atoms with Gasteiger partial charge in [-0.1, -0.05) is 18.2 Å². The molecular weight excluding hydrogens is 398 g/mol. The topological polar surface area (TPSA) is 98.8 Å². The zero-order chi connectivity index (χ0) is 22.2. The standard InChI is InChI=1S/C24H19NO6/c1-30-23(28)18-7-9-19(10-8-18)24(29)31-15-21(26)16-11-13-20(14-12-16)25-22(27)17-5-3-2-4-6-17/h2-14H,15H2,1H3,(H,25,27). The first-order valence-electron chi connectivity index (χ1n) is 9.33. The van der Waals surface area contributed by atoms with E-state index in [0.29, 0.717) is 22.4 Å². The molecule has 0 radical (unpaired) electrons. The fourth-order valence-electron chi connectivity index (χ4n) is 2.69. The Kier molecular flexibility index (Phi) is 6.90. The fourth-order valence-corrected chi connectivity index (χ4v) is 2.69. The van der Waals surface area contributed by atoms with E-state index >= 15 is 0 Å². The van der Waals surface area contributed by atoms with E-state index in [4.69, 9.17) is 4.74 Å². The number of Topliss-reactive ketones (excluding diaryl/α,β-unsaturated/α-hetero) is 1. The van der Waals surface area contributed by atoms with E-state index in [1.807, 2.05) is 6.07 Å². The van der Waals surface area contributed by atoms with Crippen LogP contribution in [0.2, 0.25) is 0 Å². The number of hydrogen-bond acceptors (Lipinski definition) is 6. The van der Waals surface area contributed by atoms with Gasteiger partial charge in [-0.2, -0.15) is 0 Å². The minimum Gasteiger partial charge on any atom is -0.465 e. The summed E-state index contributed by atoms with van der Waals surface area (Å²) in [5, 5.41) is 2.74. The van der Waals surface area contributed by atoms with Crippen LogP contribution in [0, 0.1) is 0 Å². The van der Waals surface area contributed by atoms with Gasteiger partial charge in [-0.15, -0.1) is 0 Å². The average Bonchev–Trinajstić information content (AvgIpc) is 2.82. The number of methoxy groups -OCH3 is 1. The molecule has 156 valence electrons. The van der Waals surface area contributed by atoms with Crippen LogP contribution in [-0.2, 0) is 9.47 Å². The van der Waals surface area contributed by atoms with Gasteiger partial charge in [0.25, 0.3) is 5.91 Å². The van der Waals surface area contributed by atoms with Gasteiger partial charge in [-0.3, -0.25) is 9.59 Å². The molecule has 31 heavy (non-hydrogen) atoms. The minimum atomic E-state index is -0.684. The number of carbonyl (C=O) groups is 4. The van der Waals surface area contributed by atoms with E-state index in [1.54, 1.807) is 48.5 Å². The number of ketones is 1. The summed E-state index contributed by atoms with van der Waals surface area (Å²) in [4.78, 5) is 48.0. The summed E-state index contributed by atoms with van der Waals surface area (Å²) in [6, 6.07) is 20.8. The van der Waals surface area contributed by atoms with Gasteiger partial charge in [0.15, 0.2) is 12.4 Å². The zero-order valence-corrected chi connectivity index (χ0v) is 16.7. The lowest BCUT2D eigenvalue weighted by molar-refractivity contribution is 0.0474. The second-order valence-corrected chi connectivity index (χ2v) is 6.47. The molecule has 0 spiro atoms. The zero-order valence-electron chi connectivity index (χ0n) is 16.7. The van der Waals surface area contributed by atoms with Crippen molar-refractivity contribution in [3.05, 3.63) is 101 Å². The number of anilines is 1. The monoisotopic (exact) mass is 417 g/mol. The van der Waals surface area contributed by atoms with Crippen molar-refractivity contribution in [2.75, 3.05) is 19.0 Å². The van der Waals surface area contributed by atoms with Crippen LogP contribution in [-0.4, -0.2) is 37.3 Å². The smallest absolute Gasteiger partial charge is 0.338 e. The summed E-state index contributed by atoms with van der Waals surface area (Å²) in [6.45, 7) is -0.437. The third-order valence-electron chi connectivity index (χ3n) is 4.38. The number of carbonyl (C=O) groups excluding carboxylic acids is 4. The van der Waals surface area contributed by atoms with E-state index in [1.165, 1.54) is 31.4 Å². The molecule has 1 amide bonds. The van der Waals surface area contributed by atoms with Gasteiger partial charge in [-0.05, 0) is 60.7 Å². The Morgan fingerprint density at radius 1 is 0.677 bits per heavy atom. The number of hydrogen-bond donors (Lipinski definition) is 1. The van der Waals surface area contributed by atoms with Crippen LogP contribution in [0.5, 0.6) is 0 Å². The molecule has 7 heteroatoms. The van der Waals surface area contributed by atoms with E-state index < -0.39 is 18.5 Å². The van der Waals surface area contributed by atoms with Crippen molar-refractivity contribution in [1.29, 1.82) is 0 Å². The van der Waals surface area contributed by atoms with Gasteiger partial charge in [0.1, 0.15) is 0 Å². The Morgan fingerprint density at radius 3 is 1.81 bits per heavy atom. The highest BCUT2D eigenvalue weighted by Gasteiger charge is 2.14. The molecule has 0 unspecified atom stereocenters. The van der Waals surface area contributed by atoms with Gasteiger partial charge in [0.2, 0.25) is 0 Å². The molecule has 7 nitrogen and oxygen atoms in total. The van der Waals surface area contributed by atoms with Crippen molar-refractivity contribution in [1.82, 2.24) is 0 Å². The summed E-state index contributed by atoms with van der Waals surface area (Å²) in [7, 11) is 1.26. The normalized spacial score (nSPS) is 10.1. The predicted molar refractivity (Wildman–Crippen MR) is 113 cm³/mol. The van der Waals surface area contributed by atoms with E-state index in [-0.39, 0.29) is 17.3 Å². The molecule has 3 aromatic carbocycles. The lowest BCUT2D eigenvalue weighted by atomic mass is 10.1. The quantitative estimate of drug-likeness (QED) is 0.464. The van der Waals surface area contributed by atoms with E-state index in [2.05, 4.69) is 10.1 Å². The molecule has 3 rings (SSSR count). The molecule has 1 N–H and O–H groups in total. The summed E-state index contributed by atoms with van der Waals surface area (Å²) >= 11 is 0. The predicted octanol–water partition coefficient (Wildman–Crippen LogP) is 3.77. The van der Waals surface area contributed by atoms with Crippen molar-refractivity contribution >= 4 is 29.3 Å². The average molecular weight is 417 g/mol. The molecule has 0 aliphatic carbocycles. The molecule has 0 aliphatic rings. The number of nitrogens with one attached hydrogen (secondary N) is 1. The van der Waals surface area contributed by atoms with Crippen molar-refractivity contribution < 1.29 is 28.7 Å². The largest absolute Gasteiger partial charge is 0.465 e. The van der Waals surface area contributed by atoms with Crippen LogP contribution < -0.4 is 5.32 Å². The second-order valence-electron chi connectivity index (χ2n) is 6.47. The molecule has 0 saturated heterocycles. The molecule has 3 aromatic rings. The maximum Gasteiger partial charge on any atom is 0.338 e. The maximum atomic E-state index is 12.3. The summed E-state index contributed by atoms with van der Waals surface area (Å²) in [6.07, 6.45) is 0. The molecule has 0 bridgehead atoms. The number of ether oxygens (including phenoxy) is 2. The summed E-state index contributed by atoms with van der Waals surface area (Å²) < 4.78 is 9.64. The lowest BCUT2D eigenvalue weighted by Crippen LogP contribution is -2.15. The number of rotatable bonds is 7. The van der Waals surface area contributed by atoms with Crippen molar-refractivity contribution in [2.24, 2.45) is 0 Å². The van der Waals surface area contributed by atoms with Crippen molar-refractivity contribution in [3.8, 4) is 0 Å². The Balaban J connectivity index is 1.54. The second kappa shape index (κ2) is 9.98. The van der Waals surface area contributed by atoms with Gasteiger partial charge in [0.05, 0.1) is 18.2 Å².